The molecule has 37 heavy (non-hydrogen) atoms. The van der Waals surface area contributed by atoms with E-state index in [-0.39, 0.29) is 18.9 Å². The van der Waals surface area contributed by atoms with Crippen molar-refractivity contribution >= 4 is 17.4 Å². The number of halogens is 3. The first kappa shape index (κ1) is 27.7. The van der Waals surface area contributed by atoms with Gasteiger partial charge in [0, 0.05) is 12.1 Å². The highest BCUT2D eigenvalue weighted by Crippen LogP contribution is 2.32. The molecule has 7 heteroatoms. The standard InChI is InChI=1S/C30H30F3NO3/c1-2-3-4-5-6-27(24-11-13-25(14-12-24)29(37)34-20-19-28(35)36)23-9-7-21(8-10-23)22-15-17-26(18-16-22)30(31,32)33/h6-18H,2-5,19-20H2,1H3,(H,34,37)(H,35,36)/b27-6+. The number of unbranched alkanes of at least 4 members (excludes halogenated alkanes) is 3. The van der Waals surface area contributed by atoms with Crippen LogP contribution in [0.15, 0.2) is 78.9 Å². The minimum atomic E-state index is -4.37. The zero-order valence-electron chi connectivity index (χ0n) is 20.6. The molecule has 2 N–H and O–H groups in total. The molecule has 0 saturated heterocycles. The Bertz CT molecular complexity index is 1210. The molecule has 4 nitrogen and oxygen atoms in total. The summed E-state index contributed by atoms with van der Waals surface area (Å²) in [6.45, 7) is 2.20. The normalized spacial score (nSPS) is 11.8. The van der Waals surface area contributed by atoms with Crippen LogP contribution in [0.5, 0.6) is 0 Å². The quantitative estimate of drug-likeness (QED) is 0.262. The summed E-state index contributed by atoms with van der Waals surface area (Å²) in [6, 6.07) is 19.9. The molecule has 0 aliphatic carbocycles. The second-order valence-electron chi connectivity index (χ2n) is 8.74. The van der Waals surface area contributed by atoms with Crippen molar-refractivity contribution in [1.29, 1.82) is 0 Å². The van der Waals surface area contributed by atoms with Crippen LogP contribution < -0.4 is 5.32 Å². The third-order valence-electron chi connectivity index (χ3n) is 5.98. The fourth-order valence-corrected chi connectivity index (χ4v) is 3.92. The van der Waals surface area contributed by atoms with Gasteiger partial charge in [-0.05, 0) is 64.9 Å². The number of aliphatic carboxylic acids is 1. The lowest BCUT2D eigenvalue weighted by Crippen LogP contribution is -2.25. The lowest BCUT2D eigenvalue weighted by atomic mass is 9.93. The van der Waals surface area contributed by atoms with Crippen molar-refractivity contribution in [3.63, 3.8) is 0 Å². The highest BCUT2D eigenvalue weighted by Gasteiger charge is 2.29. The maximum atomic E-state index is 12.9. The van der Waals surface area contributed by atoms with Crippen molar-refractivity contribution in [3.05, 3.63) is 101 Å². The molecule has 3 rings (SSSR count). The van der Waals surface area contributed by atoms with Crippen molar-refractivity contribution in [2.24, 2.45) is 0 Å². The van der Waals surface area contributed by atoms with E-state index in [1.807, 2.05) is 36.4 Å². The summed E-state index contributed by atoms with van der Waals surface area (Å²) in [5, 5.41) is 11.3. The lowest BCUT2D eigenvalue weighted by molar-refractivity contribution is -0.138. The molecule has 0 aromatic heterocycles. The predicted molar refractivity (Wildman–Crippen MR) is 139 cm³/mol. The van der Waals surface area contributed by atoms with E-state index in [0.717, 1.165) is 60.1 Å². The van der Waals surface area contributed by atoms with Crippen LogP contribution in [0.2, 0.25) is 0 Å². The number of alkyl halides is 3. The van der Waals surface area contributed by atoms with Crippen molar-refractivity contribution < 1.29 is 27.9 Å². The Morgan fingerprint density at radius 1 is 0.811 bits per heavy atom. The smallest absolute Gasteiger partial charge is 0.416 e. The second kappa shape index (κ2) is 12.9. The summed E-state index contributed by atoms with van der Waals surface area (Å²) < 4.78 is 38.6. The number of hydrogen-bond acceptors (Lipinski definition) is 2. The van der Waals surface area contributed by atoms with Crippen LogP contribution in [0, 0.1) is 0 Å². The van der Waals surface area contributed by atoms with E-state index in [1.54, 1.807) is 12.1 Å². The van der Waals surface area contributed by atoms with Crippen LogP contribution >= 0.6 is 0 Å². The van der Waals surface area contributed by atoms with Crippen LogP contribution in [0.25, 0.3) is 16.7 Å². The van der Waals surface area contributed by atoms with Crippen LogP contribution in [0.3, 0.4) is 0 Å². The van der Waals surface area contributed by atoms with Crippen molar-refractivity contribution in [1.82, 2.24) is 5.32 Å². The number of carboxylic acids is 1. The first-order chi connectivity index (χ1) is 17.7. The van der Waals surface area contributed by atoms with Gasteiger partial charge in [-0.3, -0.25) is 9.59 Å². The van der Waals surface area contributed by atoms with Gasteiger partial charge in [0.2, 0.25) is 0 Å². The second-order valence-corrected chi connectivity index (χ2v) is 8.74. The Balaban J connectivity index is 1.81. The summed E-state index contributed by atoms with van der Waals surface area (Å²) in [6.07, 6.45) is 1.83. The first-order valence-corrected chi connectivity index (χ1v) is 12.3. The van der Waals surface area contributed by atoms with Gasteiger partial charge in [0.15, 0.2) is 0 Å². The zero-order valence-corrected chi connectivity index (χ0v) is 20.6. The van der Waals surface area contributed by atoms with E-state index in [2.05, 4.69) is 18.3 Å². The monoisotopic (exact) mass is 509 g/mol. The number of amides is 1. The van der Waals surface area contributed by atoms with E-state index in [9.17, 15) is 22.8 Å². The molecular formula is C30H30F3NO3. The molecule has 0 fully saturated rings. The minimum absolute atomic E-state index is 0.0593. The molecule has 1 amide bonds. The number of rotatable bonds is 11. The predicted octanol–water partition coefficient (Wildman–Crippen LogP) is 7.59. The van der Waals surface area contributed by atoms with E-state index in [4.69, 9.17) is 5.11 Å². The Morgan fingerprint density at radius 3 is 1.84 bits per heavy atom. The van der Waals surface area contributed by atoms with Gasteiger partial charge in [-0.15, -0.1) is 0 Å². The molecule has 0 aliphatic heterocycles. The number of benzene rings is 3. The average Bonchev–Trinajstić information content (AvgIpc) is 2.88. The number of hydrogen-bond donors (Lipinski definition) is 2. The van der Waals surface area contributed by atoms with E-state index in [1.165, 1.54) is 12.1 Å². The van der Waals surface area contributed by atoms with Crippen molar-refractivity contribution in [2.75, 3.05) is 6.54 Å². The maximum Gasteiger partial charge on any atom is 0.416 e. The summed E-state index contributed by atoms with van der Waals surface area (Å²) in [4.78, 5) is 22.9. The Kier molecular flexibility index (Phi) is 9.66. The largest absolute Gasteiger partial charge is 0.481 e. The van der Waals surface area contributed by atoms with Gasteiger partial charge in [-0.25, -0.2) is 0 Å². The zero-order chi connectivity index (χ0) is 26.8. The highest BCUT2D eigenvalue weighted by molar-refractivity contribution is 5.95. The van der Waals surface area contributed by atoms with Crippen LogP contribution in [0.4, 0.5) is 13.2 Å². The Morgan fingerprint density at radius 2 is 1.32 bits per heavy atom. The molecular weight excluding hydrogens is 479 g/mol. The van der Waals surface area contributed by atoms with Gasteiger partial charge in [0.1, 0.15) is 0 Å². The first-order valence-electron chi connectivity index (χ1n) is 12.3. The molecule has 3 aromatic carbocycles. The summed E-state index contributed by atoms with van der Waals surface area (Å²) in [5.74, 6) is -1.31. The van der Waals surface area contributed by atoms with Crippen LogP contribution in [-0.4, -0.2) is 23.5 Å². The molecule has 0 spiro atoms. The van der Waals surface area contributed by atoms with E-state index in [0.29, 0.717) is 11.1 Å². The van der Waals surface area contributed by atoms with Gasteiger partial charge in [-0.2, -0.15) is 13.2 Å². The van der Waals surface area contributed by atoms with Gasteiger partial charge in [0.25, 0.3) is 5.91 Å². The summed E-state index contributed by atoms with van der Waals surface area (Å²) in [5.41, 5.74) is 4.18. The van der Waals surface area contributed by atoms with E-state index >= 15 is 0 Å². The molecule has 0 atom stereocenters. The summed E-state index contributed by atoms with van der Waals surface area (Å²) >= 11 is 0. The molecule has 0 heterocycles. The number of nitrogens with one attached hydrogen (secondary N) is 1. The SMILES string of the molecule is CCCCC/C=C(/c1ccc(C(=O)NCCC(=O)O)cc1)c1ccc(-c2ccc(C(F)(F)F)cc2)cc1. The Hall–Kier alpha value is -3.87. The van der Waals surface area contributed by atoms with Gasteiger partial charge in [0.05, 0.1) is 12.0 Å². The topological polar surface area (TPSA) is 66.4 Å². The third kappa shape index (κ3) is 8.07. The van der Waals surface area contributed by atoms with Gasteiger partial charge in [-0.1, -0.05) is 74.4 Å². The summed E-state index contributed by atoms with van der Waals surface area (Å²) in [7, 11) is 0. The molecule has 0 saturated carbocycles. The molecule has 194 valence electrons. The van der Waals surface area contributed by atoms with E-state index < -0.39 is 17.7 Å². The Labute approximate surface area is 214 Å². The third-order valence-corrected chi connectivity index (χ3v) is 5.98. The van der Waals surface area contributed by atoms with Crippen molar-refractivity contribution in [3.8, 4) is 11.1 Å². The maximum absolute atomic E-state index is 12.9. The van der Waals surface area contributed by atoms with Crippen molar-refractivity contribution in [2.45, 2.75) is 45.2 Å². The van der Waals surface area contributed by atoms with Crippen LogP contribution in [-0.2, 0) is 11.0 Å². The molecule has 0 aliphatic rings. The molecule has 3 aromatic rings. The minimum Gasteiger partial charge on any atom is -0.481 e. The lowest BCUT2D eigenvalue weighted by Gasteiger charge is -2.12. The molecule has 0 radical (unpaired) electrons. The van der Waals surface area contributed by atoms with Gasteiger partial charge < -0.3 is 10.4 Å². The average molecular weight is 510 g/mol. The number of carboxylic acid groups (broad SMARTS) is 1. The highest BCUT2D eigenvalue weighted by atomic mass is 19.4. The van der Waals surface area contributed by atoms with Crippen LogP contribution in [0.1, 0.15) is 66.1 Å². The number of carbonyl (C=O) groups is 2. The fraction of sp³-hybridized carbons (Fsp3) is 0.267. The van der Waals surface area contributed by atoms with Gasteiger partial charge >= 0.3 is 12.1 Å². The number of carbonyl (C=O) groups excluding carboxylic acids is 1. The molecule has 0 bridgehead atoms. The number of allylic oxidation sites excluding steroid dienone is 1. The fourth-order valence-electron chi connectivity index (χ4n) is 3.92. The molecule has 0 unspecified atom stereocenters.